The van der Waals surface area contributed by atoms with Crippen molar-refractivity contribution in [1.82, 2.24) is 4.90 Å². The molecule has 17 nitrogen and oxygen atoms in total. The number of oxime groups is 1. The lowest BCUT2D eigenvalue weighted by molar-refractivity contribution is -0.317. The summed E-state index contributed by atoms with van der Waals surface area (Å²) in [6, 6.07) is -0.328. The number of nitrogens with zero attached hydrogens (tertiary/aromatic N) is 2. The zero-order chi connectivity index (χ0) is 43.9. The fourth-order valence-corrected chi connectivity index (χ4v) is 8.93. The summed E-state index contributed by atoms with van der Waals surface area (Å²) in [6.45, 7) is 17.3. The third kappa shape index (κ3) is 12.1. The van der Waals surface area contributed by atoms with Crippen LogP contribution in [0.1, 0.15) is 94.9 Å². The van der Waals surface area contributed by atoms with Crippen molar-refractivity contribution in [2.45, 2.75) is 179 Å². The highest BCUT2D eigenvalue weighted by Gasteiger charge is 2.53. The standard InChI is InChI=1S/C41H76N2O15/c1-15-29-41(10,49)34(45)24(4)31(42-53-21-52-17-16-50-13)22(2)19-39(8,48)36(58-38-32(44)28(43(11)12)18-23(3)54-38)25(5)33(26(6)37(47)56-29)57-30-20-40(9,51-14)35(46)27(7)55-30/h22-30,32-36,38,44-46,48-49H,15-21H2,1-14H3/b42-31+/t22-,23-,24+,25+,26-,27+,28+,29-,30?,32-,33+,34-,35+,36-,38+,39-,40-,41-/m1/s1. The van der Waals surface area contributed by atoms with Crippen LogP contribution in [0.3, 0.4) is 0 Å². The van der Waals surface area contributed by atoms with Gasteiger partial charge in [0.2, 0.25) is 6.79 Å². The minimum absolute atomic E-state index is 0.0307. The maximum atomic E-state index is 14.3. The highest BCUT2D eigenvalue weighted by atomic mass is 16.7. The third-order valence-electron chi connectivity index (χ3n) is 12.6. The largest absolute Gasteiger partial charge is 0.459 e. The van der Waals surface area contributed by atoms with Gasteiger partial charge in [-0.25, -0.2) is 0 Å². The zero-order valence-corrected chi connectivity index (χ0v) is 37.3. The number of aliphatic hydroxyl groups is 5. The summed E-state index contributed by atoms with van der Waals surface area (Å²) < 4.78 is 48.1. The Morgan fingerprint density at radius 1 is 0.897 bits per heavy atom. The lowest BCUT2D eigenvalue weighted by Gasteiger charge is -2.49. The van der Waals surface area contributed by atoms with Crippen molar-refractivity contribution in [2.24, 2.45) is 28.8 Å². The molecule has 0 aromatic carbocycles. The van der Waals surface area contributed by atoms with Crippen LogP contribution in [-0.4, -0.2) is 175 Å². The van der Waals surface area contributed by atoms with Crippen molar-refractivity contribution in [3.05, 3.63) is 0 Å². The number of aliphatic hydroxyl groups excluding tert-OH is 3. The van der Waals surface area contributed by atoms with Gasteiger partial charge in [-0.2, -0.15) is 0 Å². The fourth-order valence-electron chi connectivity index (χ4n) is 8.93. The molecule has 0 amide bonds. The summed E-state index contributed by atoms with van der Waals surface area (Å²) in [6.07, 6.45) is -9.49. The topological polar surface area (TPSA) is 217 Å². The average molecular weight is 837 g/mol. The molecular formula is C41H76N2O15. The first-order valence-electron chi connectivity index (χ1n) is 20.8. The summed E-state index contributed by atoms with van der Waals surface area (Å²) in [5.41, 5.74) is -4.49. The van der Waals surface area contributed by atoms with Crippen LogP contribution in [0.25, 0.3) is 0 Å². The van der Waals surface area contributed by atoms with Crippen LogP contribution >= 0.6 is 0 Å². The predicted octanol–water partition coefficient (Wildman–Crippen LogP) is 2.21. The van der Waals surface area contributed by atoms with Crippen molar-refractivity contribution in [1.29, 1.82) is 0 Å². The molecule has 0 bridgehead atoms. The fraction of sp³-hybridized carbons (Fsp3) is 0.951. The van der Waals surface area contributed by atoms with Crippen LogP contribution in [0.15, 0.2) is 5.16 Å². The maximum Gasteiger partial charge on any atom is 0.311 e. The number of methoxy groups -OCH3 is 2. The Morgan fingerprint density at radius 3 is 2.14 bits per heavy atom. The molecular weight excluding hydrogens is 760 g/mol. The molecule has 18 atom stereocenters. The molecule has 3 saturated heterocycles. The van der Waals surface area contributed by atoms with Gasteiger partial charge in [0.1, 0.15) is 23.9 Å². The van der Waals surface area contributed by atoms with Gasteiger partial charge in [-0.3, -0.25) is 4.79 Å². The predicted molar refractivity (Wildman–Crippen MR) is 212 cm³/mol. The van der Waals surface area contributed by atoms with Gasteiger partial charge in [0.25, 0.3) is 0 Å². The van der Waals surface area contributed by atoms with Crippen molar-refractivity contribution in [3.8, 4) is 0 Å². The molecule has 5 N–H and O–H groups in total. The summed E-state index contributed by atoms with van der Waals surface area (Å²) in [4.78, 5) is 21.8. The summed E-state index contributed by atoms with van der Waals surface area (Å²) >= 11 is 0. The van der Waals surface area contributed by atoms with Gasteiger partial charge in [-0.15, -0.1) is 0 Å². The number of cyclic esters (lactones) is 1. The van der Waals surface area contributed by atoms with E-state index in [1.165, 1.54) is 14.0 Å². The number of hydrogen-bond acceptors (Lipinski definition) is 17. The monoisotopic (exact) mass is 837 g/mol. The van der Waals surface area contributed by atoms with E-state index in [4.69, 9.17) is 42.7 Å². The minimum Gasteiger partial charge on any atom is -0.459 e. The smallest absolute Gasteiger partial charge is 0.311 e. The lowest BCUT2D eigenvalue weighted by Crippen LogP contribution is -2.61. The first-order chi connectivity index (χ1) is 27.0. The second-order valence-corrected chi connectivity index (χ2v) is 17.7. The van der Waals surface area contributed by atoms with Crippen molar-refractivity contribution in [2.75, 3.05) is 48.3 Å². The second kappa shape index (κ2) is 21.5. The first kappa shape index (κ1) is 50.8. The number of carbonyl (C=O) groups excluding carboxylic acids is 1. The van der Waals surface area contributed by atoms with E-state index in [1.54, 1.807) is 55.6 Å². The number of ether oxygens (including phenoxy) is 8. The maximum absolute atomic E-state index is 14.3. The van der Waals surface area contributed by atoms with Crippen LogP contribution in [0.4, 0.5) is 0 Å². The van der Waals surface area contributed by atoms with E-state index in [-0.39, 0.29) is 44.8 Å². The van der Waals surface area contributed by atoms with Gasteiger partial charge >= 0.3 is 5.97 Å². The number of hydrogen-bond donors (Lipinski definition) is 5. The van der Waals surface area contributed by atoms with Crippen molar-refractivity contribution >= 4 is 11.7 Å². The Morgan fingerprint density at radius 2 is 1.55 bits per heavy atom. The Hall–Kier alpha value is -1.58. The van der Waals surface area contributed by atoms with Crippen LogP contribution in [0, 0.1) is 23.7 Å². The van der Waals surface area contributed by atoms with Gasteiger partial charge < -0.3 is 73.2 Å². The molecule has 1 unspecified atom stereocenters. The lowest BCUT2D eigenvalue weighted by atomic mass is 9.73. The summed E-state index contributed by atoms with van der Waals surface area (Å²) in [7, 11) is 6.76. The number of likely N-dealkylation sites (N-methyl/N-ethyl adjacent to an activating group) is 1. The van der Waals surface area contributed by atoms with E-state index in [9.17, 15) is 30.3 Å². The Balaban J connectivity index is 2.22. The first-order valence-corrected chi connectivity index (χ1v) is 20.8. The van der Waals surface area contributed by atoms with E-state index in [2.05, 4.69) is 5.16 Å². The molecule has 3 fully saturated rings. The Bertz CT molecular complexity index is 1300. The van der Waals surface area contributed by atoms with Crippen LogP contribution < -0.4 is 0 Å². The molecule has 3 aliphatic heterocycles. The van der Waals surface area contributed by atoms with Gasteiger partial charge in [0.15, 0.2) is 12.6 Å². The molecule has 3 rings (SSSR count). The molecule has 3 heterocycles. The van der Waals surface area contributed by atoms with E-state index >= 15 is 0 Å². The number of carbonyl (C=O) groups is 1. The van der Waals surface area contributed by atoms with Crippen LogP contribution in [0.2, 0.25) is 0 Å². The molecule has 0 aromatic rings. The van der Waals surface area contributed by atoms with Gasteiger partial charge in [0.05, 0.1) is 66.6 Å². The summed E-state index contributed by atoms with van der Waals surface area (Å²) in [5.74, 6) is -4.14. The van der Waals surface area contributed by atoms with Crippen LogP contribution in [0.5, 0.6) is 0 Å². The zero-order valence-electron chi connectivity index (χ0n) is 37.3. The molecule has 0 radical (unpaired) electrons. The second-order valence-electron chi connectivity index (χ2n) is 17.7. The molecule has 17 heteroatoms. The van der Waals surface area contributed by atoms with Gasteiger partial charge in [-0.05, 0) is 74.9 Å². The van der Waals surface area contributed by atoms with Crippen molar-refractivity contribution < 1.29 is 73.1 Å². The van der Waals surface area contributed by atoms with Gasteiger partial charge in [0, 0.05) is 44.4 Å². The average Bonchev–Trinajstić information content (AvgIpc) is 3.15. The molecule has 0 saturated carbocycles. The number of esters is 1. The molecule has 340 valence electrons. The van der Waals surface area contributed by atoms with E-state index in [0.717, 1.165) is 0 Å². The highest BCUT2D eigenvalue weighted by Crippen LogP contribution is 2.41. The quantitative estimate of drug-likeness (QED) is 0.0778. The van der Waals surface area contributed by atoms with E-state index in [0.29, 0.717) is 18.7 Å². The van der Waals surface area contributed by atoms with Crippen LogP contribution in [-0.2, 0) is 47.5 Å². The summed E-state index contributed by atoms with van der Waals surface area (Å²) in [5, 5.41) is 63.6. The van der Waals surface area contributed by atoms with Crippen molar-refractivity contribution in [3.63, 3.8) is 0 Å². The Labute approximate surface area is 345 Å². The normalized spacial score (nSPS) is 45.8. The molecule has 0 aromatic heterocycles. The third-order valence-corrected chi connectivity index (χ3v) is 12.6. The minimum atomic E-state index is -1.97. The molecule has 0 aliphatic carbocycles. The van der Waals surface area contributed by atoms with E-state index < -0.39 is 102 Å². The molecule has 58 heavy (non-hydrogen) atoms. The Kier molecular flexibility index (Phi) is 18.8. The molecule has 3 aliphatic rings. The highest BCUT2D eigenvalue weighted by molar-refractivity contribution is 5.88. The number of rotatable bonds is 13. The SMILES string of the molecule is CC[C@H]1OC(=O)[C@H](C)[C@@H](OC2C[C@@](C)(OC)[C@@H](O)[C@H](C)O2)[C@H](C)[C@@H](O[C@@H]2O[C@H](C)C[C@H](N(C)C)[C@H]2O)[C@](C)(O)C[C@@H](C)/C(=N\OCOCCOC)[C@H](C)[C@@H](O)[C@]1(C)O. The molecule has 0 spiro atoms. The van der Waals surface area contributed by atoms with E-state index in [1.807, 2.05) is 32.8 Å². The van der Waals surface area contributed by atoms with Gasteiger partial charge in [-0.1, -0.05) is 32.9 Å².